The van der Waals surface area contributed by atoms with Gasteiger partial charge in [-0.25, -0.2) is 9.48 Å². The van der Waals surface area contributed by atoms with E-state index in [9.17, 15) is 4.79 Å². The second-order valence-electron chi connectivity index (χ2n) is 8.21. The minimum absolute atomic E-state index is 0.430. The lowest BCUT2D eigenvalue weighted by atomic mass is 9.95. The van der Waals surface area contributed by atoms with Gasteiger partial charge in [0, 0.05) is 16.5 Å². The smallest absolute Gasteiger partial charge is 0.338 e. The number of hydrogen-bond donors (Lipinski definition) is 1. The molecule has 0 saturated heterocycles. The summed E-state index contributed by atoms with van der Waals surface area (Å²) >= 11 is 11.4. The van der Waals surface area contributed by atoms with Crippen molar-refractivity contribution in [2.45, 2.75) is 44.1 Å². The number of allylic oxidation sites excluding steroid dienone is 1. The second kappa shape index (κ2) is 12.2. The van der Waals surface area contributed by atoms with Crippen LogP contribution in [0.15, 0.2) is 57.3 Å². The first kappa shape index (κ1) is 27.3. The van der Waals surface area contributed by atoms with Crippen LogP contribution in [0, 0.1) is 0 Å². The lowest BCUT2D eigenvalue weighted by Gasteiger charge is -2.28. The lowest BCUT2D eigenvalue weighted by Crippen LogP contribution is -2.29. The van der Waals surface area contributed by atoms with Crippen molar-refractivity contribution in [2.24, 2.45) is 0 Å². The molecule has 4 rings (SSSR count). The Bertz CT molecular complexity index is 1330. The Morgan fingerprint density at radius 1 is 1.24 bits per heavy atom. The third-order valence-electron chi connectivity index (χ3n) is 5.65. The van der Waals surface area contributed by atoms with Crippen LogP contribution in [0.3, 0.4) is 0 Å². The first-order valence-electron chi connectivity index (χ1n) is 11.9. The zero-order chi connectivity index (χ0) is 26.5. The van der Waals surface area contributed by atoms with E-state index in [0.717, 1.165) is 22.0 Å². The fourth-order valence-electron chi connectivity index (χ4n) is 3.99. The standard InChI is InChI=1S/C26H28BrClN4O4S/c1-5-11-36-23-18(27)12-17(13-20(23)35-6-2)22-21(24(33)34-4)15(3)29-25-30-26(31-32(22)25)37-14-16-9-7-8-10-19(16)28/h7-10,12-13,22H,5-6,11,14H2,1-4H3,(H,29,30,31). The first-order chi connectivity index (χ1) is 17.9. The molecule has 1 aliphatic heterocycles. The number of thioether (sulfide) groups is 1. The summed E-state index contributed by atoms with van der Waals surface area (Å²) in [5, 5.41) is 9.22. The van der Waals surface area contributed by atoms with Crippen LogP contribution >= 0.6 is 39.3 Å². The fraction of sp³-hybridized carbons (Fsp3) is 0.346. The van der Waals surface area contributed by atoms with Gasteiger partial charge in [-0.2, -0.15) is 4.98 Å². The molecule has 37 heavy (non-hydrogen) atoms. The van der Waals surface area contributed by atoms with Crippen LogP contribution < -0.4 is 14.8 Å². The molecule has 0 radical (unpaired) electrons. The number of ether oxygens (including phenoxy) is 3. The molecule has 1 unspecified atom stereocenters. The van der Waals surface area contributed by atoms with Gasteiger partial charge in [0.25, 0.3) is 0 Å². The Kier molecular flexibility index (Phi) is 9.04. The molecule has 11 heteroatoms. The highest BCUT2D eigenvalue weighted by molar-refractivity contribution is 9.10. The van der Waals surface area contributed by atoms with E-state index in [2.05, 4.69) is 26.2 Å². The quantitative estimate of drug-likeness (QED) is 0.203. The molecule has 3 aromatic rings. The Hall–Kier alpha value is -2.69. The topological polar surface area (TPSA) is 87.5 Å². The maximum Gasteiger partial charge on any atom is 0.338 e. The zero-order valence-electron chi connectivity index (χ0n) is 21.0. The molecule has 2 aromatic carbocycles. The molecule has 0 saturated carbocycles. The summed E-state index contributed by atoms with van der Waals surface area (Å²) in [4.78, 5) is 17.6. The highest BCUT2D eigenvalue weighted by Crippen LogP contribution is 2.43. The number of anilines is 1. The molecular formula is C26H28BrClN4O4S. The van der Waals surface area contributed by atoms with E-state index < -0.39 is 12.0 Å². The number of carbonyl (C=O) groups excluding carboxylic acids is 1. The van der Waals surface area contributed by atoms with E-state index in [0.29, 0.717) is 57.9 Å². The van der Waals surface area contributed by atoms with Gasteiger partial charge in [0.2, 0.25) is 11.1 Å². The molecule has 0 bridgehead atoms. The number of nitrogens with one attached hydrogen (secondary N) is 1. The molecule has 0 fully saturated rings. The predicted molar refractivity (Wildman–Crippen MR) is 149 cm³/mol. The van der Waals surface area contributed by atoms with Gasteiger partial charge in [0.15, 0.2) is 11.5 Å². The molecule has 1 aromatic heterocycles. The van der Waals surface area contributed by atoms with Crippen LogP contribution in [-0.2, 0) is 15.3 Å². The molecule has 0 spiro atoms. The largest absolute Gasteiger partial charge is 0.490 e. The number of carbonyl (C=O) groups is 1. The van der Waals surface area contributed by atoms with Crippen LogP contribution in [0.1, 0.15) is 44.4 Å². The molecule has 196 valence electrons. The van der Waals surface area contributed by atoms with Crippen LogP contribution in [0.5, 0.6) is 11.5 Å². The number of aromatic nitrogens is 3. The summed E-state index contributed by atoms with van der Waals surface area (Å²) < 4.78 is 19.4. The zero-order valence-corrected chi connectivity index (χ0v) is 24.2. The molecule has 1 aliphatic rings. The average Bonchev–Trinajstić information content (AvgIpc) is 3.28. The number of methoxy groups -OCH3 is 1. The van der Waals surface area contributed by atoms with E-state index in [-0.39, 0.29) is 0 Å². The van der Waals surface area contributed by atoms with Gasteiger partial charge in [-0.05, 0) is 65.5 Å². The molecule has 1 N–H and O–H groups in total. The van der Waals surface area contributed by atoms with E-state index in [1.165, 1.54) is 18.9 Å². The minimum atomic E-state index is -0.596. The summed E-state index contributed by atoms with van der Waals surface area (Å²) in [6.45, 7) is 6.79. The number of fused-ring (bicyclic) bond motifs is 1. The normalized spacial score (nSPS) is 14.7. The monoisotopic (exact) mass is 606 g/mol. The van der Waals surface area contributed by atoms with Crippen molar-refractivity contribution in [3.63, 3.8) is 0 Å². The predicted octanol–water partition coefficient (Wildman–Crippen LogP) is 6.64. The summed E-state index contributed by atoms with van der Waals surface area (Å²) in [5.74, 6) is 1.87. The van der Waals surface area contributed by atoms with Gasteiger partial charge in [-0.3, -0.25) is 0 Å². The van der Waals surface area contributed by atoms with Gasteiger partial charge in [-0.15, -0.1) is 5.10 Å². The van der Waals surface area contributed by atoms with Crippen molar-refractivity contribution < 1.29 is 19.0 Å². The number of hydrogen-bond acceptors (Lipinski definition) is 8. The van der Waals surface area contributed by atoms with Crippen molar-refractivity contribution >= 4 is 51.2 Å². The van der Waals surface area contributed by atoms with Crippen LogP contribution in [-0.4, -0.2) is 41.1 Å². The molecular weight excluding hydrogens is 580 g/mol. The van der Waals surface area contributed by atoms with Crippen molar-refractivity contribution in [1.29, 1.82) is 0 Å². The number of rotatable bonds is 10. The third kappa shape index (κ3) is 5.91. The summed E-state index contributed by atoms with van der Waals surface area (Å²) in [6, 6.07) is 10.9. The third-order valence-corrected chi connectivity index (χ3v) is 7.50. The van der Waals surface area contributed by atoms with Crippen molar-refractivity contribution in [1.82, 2.24) is 14.8 Å². The number of nitrogens with zero attached hydrogens (tertiary/aromatic N) is 3. The molecule has 2 heterocycles. The Morgan fingerprint density at radius 3 is 2.73 bits per heavy atom. The van der Waals surface area contributed by atoms with Crippen LogP contribution in [0.4, 0.5) is 5.95 Å². The Balaban J connectivity index is 1.77. The number of halogens is 2. The van der Waals surface area contributed by atoms with Gasteiger partial charge < -0.3 is 19.5 Å². The highest BCUT2D eigenvalue weighted by atomic mass is 79.9. The number of esters is 1. The summed E-state index contributed by atoms with van der Waals surface area (Å²) in [6.07, 6.45) is 0.861. The van der Waals surface area contributed by atoms with Gasteiger partial charge in [0.05, 0.1) is 30.4 Å². The molecule has 0 aliphatic carbocycles. The first-order valence-corrected chi connectivity index (χ1v) is 14.0. The Labute approximate surface area is 233 Å². The minimum Gasteiger partial charge on any atom is -0.490 e. The second-order valence-corrected chi connectivity index (χ2v) is 10.4. The maximum atomic E-state index is 13.0. The maximum absolute atomic E-state index is 13.0. The summed E-state index contributed by atoms with van der Waals surface area (Å²) in [5.41, 5.74) is 2.83. The molecule has 0 amide bonds. The van der Waals surface area contributed by atoms with E-state index in [4.69, 9.17) is 30.9 Å². The van der Waals surface area contributed by atoms with Crippen LogP contribution in [0.25, 0.3) is 0 Å². The van der Waals surface area contributed by atoms with E-state index in [1.54, 1.807) is 4.68 Å². The average molecular weight is 608 g/mol. The van der Waals surface area contributed by atoms with Crippen molar-refractivity contribution in [3.8, 4) is 11.5 Å². The lowest BCUT2D eigenvalue weighted by molar-refractivity contribution is -0.136. The van der Waals surface area contributed by atoms with Gasteiger partial charge >= 0.3 is 5.97 Å². The molecule has 8 nitrogen and oxygen atoms in total. The van der Waals surface area contributed by atoms with Crippen LogP contribution in [0.2, 0.25) is 5.02 Å². The summed E-state index contributed by atoms with van der Waals surface area (Å²) in [7, 11) is 1.37. The highest BCUT2D eigenvalue weighted by Gasteiger charge is 2.36. The van der Waals surface area contributed by atoms with Gasteiger partial charge in [-0.1, -0.05) is 48.5 Å². The van der Waals surface area contributed by atoms with Gasteiger partial charge in [0.1, 0.15) is 6.04 Å². The number of benzene rings is 2. The van der Waals surface area contributed by atoms with Crippen molar-refractivity contribution in [2.75, 3.05) is 25.6 Å². The van der Waals surface area contributed by atoms with E-state index >= 15 is 0 Å². The van der Waals surface area contributed by atoms with Crippen molar-refractivity contribution in [3.05, 3.63) is 68.3 Å². The van der Waals surface area contributed by atoms with E-state index in [1.807, 2.05) is 57.2 Å². The SMILES string of the molecule is CCCOc1c(Br)cc(C2C(C(=O)OC)=C(C)Nc3nc(SCc4ccccc4Cl)nn32)cc1OCC. The molecule has 1 atom stereocenters. The Morgan fingerprint density at radius 2 is 2.03 bits per heavy atom. The fourth-order valence-corrected chi connectivity index (χ4v) is 5.67.